The van der Waals surface area contributed by atoms with Crippen LogP contribution in [0.25, 0.3) is 5.57 Å². The molecule has 1 rings (SSSR count). The minimum atomic E-state index is -0.270. The van der Waals surface area contributed by atoms with E-state index >= 15 is 0 Å². The zero-order valence-electron chi connectivity index (χ0n) is 12.6. The van der Waals surface area contributed by atoms with Gasteiger partial charge >= 0.3 is 5.97 Å². The van der Waals surface area contributed by atoms with E-state index in [1.165, 1.54) is 0 Å². The van der Waals surface area contributed by atoms with E-state index in [2.05, 4.69) is 6.92 Å². The molecule has 0 bridgehead atoms. The van der Waals surface area contributed by atoms with E-state index in [9.17, 15) is 4.79 Å². The van der Waals surface area contributed by atoms with Crippen LogP contribution in [0.15, 0.2) is 35.9 Å². The molecule has 0 aliphatic rings. The Bertz CT molecular complexity index is 435. The van der Waals surface area contributed by atoms with E-state index in [-0.39, 0.29) is 5.97 Å². The quantitative estimate of drug-likeness (QED) is 0.411. The van der Waals surface area contributed by atoms with Crippen molar-refractivity contribution in [2.24, 2.45) is 0 Å². The van der Waals surface area contributed by atoms with Gasteiger partial charge in [-0.25, -0.2) is 4.79 Å². The third-order valence-electron chi connectivity index (χ3n) is 3.09. The number of benzene rings is 1. The molecule has 0 atom stereocenters. The Kier molecular flexibility index (Phi) is 7.66. The van der Waals surface area contributed by atoms with Gasteiger partial charge in [0, 0.05) is 6.61 Å². The van der Waals surface area contributed by atoms with Crippen molar-refractivity contribution in [1.29, 1.82) is 0 Å². The van der Waals surface area contributed by atoms with Crippen LogP contribution in [0.2, 0.25) is 0 Å². The molecule has 0 aliphatic heterocycles. The highest BCUT2D eigenvalue weighted by molar-refractivity contribution is 5.97. The molecule has 1 aromatic rings. The molecule has 0 saturated carbocycles. The minimum Gasteiger partial charge on any atom is -0.462 e. The Morgan fingerprint density at radius 1 is 1.15 bits per heavy atom. The average Bonchev–Trinajstić information content (AvgIpc) is 2.48. The SMILES string of the molecule is CCCCOC(=O)C(COCC)=C(C)c1ccccc1. The molecule has 0 spiro atoms. The van der Waals surface area contributed by atoms with Crippen molar-refractivity contribution in [3.63, 3.8) is 0 Å². The smallest absolute Gasteiger partial charge is 0.336 e. The Morgan fingerprint density at radius 2 is 1.85 bits per heavy atom. The third kappa shape index (κ3) is 5.17. The van der Waals surface area contributed by atoms with Crippen LogP contribution >= 0.6 is 0 Å². The van der Waals surface area contributed by atoms with Crippen molar-refractivity contribution >= 4 is 11.5 Å². The van der Waals surface area contributed by atoms with Crippen LogP contribution in [-0.2, 0) is 14.3 Å². The lowest BCUT2D eigenvalue weighted by atomic mass is 10.0. The lowest BCUT2D eigenvalue weighted by molar-refractivity contribution is -0.139. The zero-order valence-corrected chi connectivity index (χ0v) is 12.6. The molecule has 1 aromatic carbocycles. The molecule has 0 radical (unpaired) electrons. The first-order valence-corrected chi connectivity index (χ1v) is 7.20. The number of rotatable bonds is 8. The van der Waals surface area contributed by atoms with Gasteiger partial charge in [0.05, 0.1) is 18.8 Å². The van der Waals surface area contributed by atoms with Gasteiger partial charge in [0.15, 0.2) is 0 Å². The zero-order chi connectivity index (χ0) is 14.8. The fraction of sp³-hybridized carbons (Fsp3) is 0.471. The topological polar surface area (TPSA) is 35.5 Å². The monoisotopic (exact) mass is 276 g/mol. The van der Waals surface area contributed by atoms with E-state index in [1.54, 1.807) is 0 Å². The van der Waals surface area contributed by atoms with Crippen LogP contribution < -0.4 is 0 Å². The highest BCUT2D eigenvalue weighted by Gasteiger charge is 2.15. The summed E-state index contributed by atoms with van der Waals surface area (Å²) in [5, 5.41) is 0. The van der Waals surface area contributed by atoms with Crippen LogP contribution in [0.1, 0.15) is 39.2 Å². The molecule has 0 aliphatic carbocycles. The summed E-state index contributed by atoms with van der Waals surface area (Å²) in [5.41, 5.74) is 2.55. The van der Waals surface area contributed by atoms with Crippen LogP contribution in [0.5, 0.6) is 0 Å². The fourth-order valence-electron chi connectivity index (χ4n) is 1.78. The molecule has 0 heterocycles. The molecule has 0 amide bonds. The second-order valence-corrected chi connectivity index (χ2v) is 4.60. The maximum atomic E-state index is 12.2. The number of carbonyl (C=O) groups excluding carboxylic acids is 1. The lowest BCUT2D eigenvalue weighted by Crippen LogP contribution is -2.15. The van der Waals surface area contributed by atoms with Gasteiger partial charge in [0.2, 0.25) is 0 Å². The van der Waals surface area contributed by atoms with E-state index in [0.717, 1.165) is 24.0 Å². The van der Waals surface area contributed by atoms with Crippen molar-refractivity contribution in [2.75, 3.05) is 19.8 Å². The number of hydrogen-bond acceptors (Lipinski definition) is 3. The molecule has 0 aromatic heterocycles. The maximum absolute atomic E-state index is 12.2. The standard InChI is InChI=1S/C17H24O3/c1-4-6-12-20-17(18)16(13-19-5-2)14(3)15-10-8-7-9-11-15/h7-11H,4-6,12-13H2,1-3H3. The molecule has 0 N–H and O–H groups in total. The fourth-order valence-corrected chi connectivity index (χ4v) is 1.78. The van der Waals surface area contributed by atoms with Gasteiger partial charge < -0.3 is 9.47 Å². The molecule has 20 heavy (non-hydrogen) atoms. The van der Waals surface area contributed by atoms with Gasteiger partial charge in [0.25, 0.3) is 0 Å². The molecule has 0 unspecified atom stereocenters. The third-order valence-corrected chi connectivity index (χ3v) is 3.09. The van der Waals surface area contributed by atoms with Gasteiger partial charge in [-0.2, -0.15) is 0 Å². The van der Waals surface area contributed by atoms with Crippen molar-refractivity contribution < 1.29 is 14.3 Å². The largest absolute Gasteiger partial charge is 0.462 e. The second-order valence-electron chi connectivity index (χ2n) is 4.60. The van der Waals surface area contributed by atoms with E-state index in [0.29, 0.717) is 25.4 Å². The van der Waals surface area contributed by atoms with Crippen LogP contribution in [0, 0.1) is 0 Å². The summed E-state index contributed by atoms with van der Waals surface area (Å²) in [6, 6.07) is 9.85. The molecule has 110 valence electrons. The highest BCUT2D eigenvalue weighted by atomic mass is 16.5. The minimum absolute atomic E-state index is 0.270. The summed E-state index contributed by atoms with van der Waals surface area (Å²) < 4.78 is 10.7. The number of carbonyl (C=O) groups is 1. The van der Waals surface area contributed by atoms with Crippen LogP contribution in [-0.4, -0.2) is 25.8 Å². The first-order chi connectivity index (χ1) is 9.70. The van der Waals surface area contributed by atoms with Gasteiger partial charge in [-0.3, -0.25) is 0 Å². The summed E-state index contributed by atoms with van der Waals surface area (Å²) in [5.74, 6) is -0.270. The van der Waals surface area contributed by atoms with Gasteiger partial charge in [-0.15, -0.1) is 0 Å². The number of esters is 1. The summed E-state index contributed by atoms with van der Waals surface area (Å²) in [7, 11) is 0. The Morgan fingerprint density at radius 3 is 2.45 bits per heavy atom. The Hall–Kier alpha value is -1.61. The van der Waals surface area contributed by atoms with Gasteiger partial charge in [-0.05, 0) is 31.4 Å². The Labute approximate surface area is 121 Å². The molecular formula is C17H24O3. The molecule has 0 fully saturated rings. The average molecular weight is 276 g/mol. The lowest BCUT2D eigenvalue weighted by Gasteiger charge is -2.12. The first kappa shape index (κ1) is 16.4. The normalized spacial score (nSPS) is 11.9. The van der Waals surface area contributed by atoms with E-state index in [4.69, 9.17) is 9.47 Å². The number of unbranched alkanes of at least 4 members (excludes halogenated alkanes) is 1. The molecule has 0 saturated heterocycles. The summed E-state index contributed by atoms with van der Waals surface area (Å²) >= 11 is 0. The predicted molar refractivity (Wildman–Crippen MR) is 81.4 cm³/mol. The first-order valence-electron chi connectivity index (χ1n) is 7.20. The second kappa shape index (κ2) is 9.32. The predicted octanol–water partition coefficient (Wildman–Crippen LogP) is 3.84. The molecule has 3 heteroatoms. The molecular weight excluding hydrogens is 252 g/mol. The van der Waals surface area contributed by atoms with Crippen LogP contribution in [0.4, 0.5) is 0 Å². The summed E-state index contributed by atoms with van der Waals surface area (Å²) in [6.07, 6.45) is 1.90. The number of allylic oxidation sites excluding steroid dienone is 1. The van der Waals surface area contributed by atoms with E-state index < -0.39 is 0 Å². The number of hydrogen-bond donors (Lipinski definition) is 0. The Balaban J connectivity index is 2.89. The van der Waals surface area contributed by atoms with Gasteiger partial charge in [0.1, 0.15) is 0 Å². The van der Waals surface area contributed by atoms with Crippen molar-refractivity contribution in [3.8, 4) is 0 Å². The maximum Gasteiger partial charge on any atom is 0.336 e. The van der Waals surface area contributed by atoms with Gasteiger partial charge in [-0.1, -0.05) is 43.7 Å². The van der Waals surface area contributed by atoms with E-state index in [1.807, 2.05) is 44.2 Å². The summed E-state index contributed by atoms with van der Waals surface area (Å²) in [6.45, 7) is 7.26. The number of ether oxygens (including phenoxy) is 2. The van der Waals surface area contributed by atoms with Crippen LogP contribution in [0.3, 0.4) is 0 Å². The highest BCUT2D eigenvalue weighted by Crippen LogP contribution is 2.19. The van der Waals surface area contributed by atoms with Crippen molar-refractivity contribution in [2.45, 2.75) is 33.6 Å². The molecule has 3 nitrogen and oxygen atoms in total. The van der Waals surface area contributed by atoms with Crippen molar-refractivity contribution in [3.05, 3.63) is 41.5 Å². The van der Waals surface area contributed by atoms with Crippen molar-refractivity contribution in [1.82, 2.24) is 0 Å². The summed E-state index contributed by atoms with van der Waals surface area (Å²) in [4.78, 5) is 12.2.